The van der Waals surface area contributed by atoms with Crippen LogP contribution < -0.4 is 10.1 Å². The van der Waals surface area contributed by atoms with Crippen molar-refractivity contribution in [2.75, 3.05) is 13.7 Å². The Hall–Kier alpha value is -2.97. The fourth-order valence-electron chi connectivity index (χ4n) is 2.17. The largest absolute Gasteiger partial charge is 0.467 e. The zero-order valence-corrected chi connectivity index (χ0v) is 15.8. The Morgan fingerprint density at radius 1 is 1.14 bits per heavy atom. The molecule has 0 heterocycles. The predicted octanol–water partition coefficient (Wildman–Crippen LogP) is 2.55. The van der Waals surface area contributed by atoms with Gasteiger partial charge in [-0.15, -0.1) is 0 Å². The number of ether oxygens (including phenoxy) is 3. The first-order chi connectivity index (χ1) is 13.2. The van der Waals surface area contributed by atoms with Crippen molar-refractivity contribution in [3.8, 4) is 5.75 Å². The molecule has 0 aromatic heterocycles. The van der Waals surface area contributed by atoms with E-state index in [1.807, 2.05) is 13.8 Å². The van der Waals surface area contributed by atoms with Crippen LogP contribution in [0, 0.1) is 5.92 Å². The Labute approximate surface area is 161 Å². The van der Waals surface area contributed by atoms with E-state index in [0.29, 0.717) is 12.0 Å². The van der Waals surface area contributed by atoms with E-state index in [-0.39, 0.29) is 11.7 Å². The molecule has 0 saturated carbocycles. The molecule has 7 nitrogen and oxygen atoms in total. The Morgan fingerprint density at radius 3 is 2.32 bits per heavy atom. The van der Waals surface area contributed by atoms with Gasteiger partial charge in [0, 0.05) is 6.08 Å². The van der Waals surface area contributed by atoms with Gasteiger partial charge in [-0.05, 0) is 36.1 Å². The normalized spacial score (nSPS) is 12.1. The summed E-state index contributed by atoms with van der Waals surface area (Å²) >= 11 is 0. The fourth-order valence-corrected chi connectivity index (χ4v) is 2.17. The minimum atomic E-state index is -2.91. The number of hydrogen-bond acceptors (Lipinski definition) is 6. The number of methoxy groups -OCH3 is 1. The van der Waals surface area contributed by atoms with Gasteiger partial charge in [-0.2, -0.15) is 8.78 Å². The number of alkyl halides is 2. The van der Waals surface area contributed by atoms with Gasteiger partial charge >= 0.3 is 18.6 Å². The van der Waals surface area contributed by atoms with Crippen molar-refractivity contribution in [3.05, 3.63) is 35.9 Å². The highest BCUT2D eigenvalue weighted by Crippen LogP contribution is 2.15. The molecule has 0 spiro atoms. The lowest BCUT2D eigenvalue weighted by molar-refractivity contribution is -0.148. The van der Waals surface area contributed by atoms with Crippen LogP contribution in [-0.2, 0) is 23.9 Å². The topological polar surface area (TPSA) is 90.9 Å². The smallest absolute Gasteiger partial charge is 0.387 e. The van der Waals surface area contributed by atoms with Crippen molar-refractivity contribution in [1.29, 1.82) is 0 Å². The molecular formula is C19H23F2NO6. The molecule has 1 aromatic rings. The summed E-state index contributed by atoms with van der Waals surface area (Å²) in [6, 6.07) is 4.78. The van der Waals surface area contributed by atoms with E-state index in [0.717, 1.165) is 6.08 Å². The zero-order chi connectivity index (χ0) is 21.1. The first-order valence-electron chi connectivity index (χ1n) is 8.48. The molecule has 154 valence electrons. The van der Waals surface area contributed by atoms with Gasteiger partial charge in [-0.1, -0.05) is 26.0 Å². The standard InChI is InChI=1S/C19H23F2NO6/c1-12(2)10-15(18(25)26-3)22-16(23)11-27-17(24)9-6-13-4-7-14(8-5-13)28-19(20)21/h4-9,12,15,19H,10-11H2,1-3H3,(H,22,23)/b9-6+/t15-/m1/s1. The van der Waals surface area contributed by atoms with Crippen LogP contribution in [0.15, 0.2) is 30.3 Å². The monoisotopic (exact) mass is 399 g/mol. The zero-order valence-electron chi connectivity index (χ0n) is 15.8. The quantitative estimate of drug-likeness (QED) is 0.480. The summed E-state index contributed by atoms with van der Waals surface area (Å²) in [5.41, 5.74) is 0.547. The molecule has 1 atom stereocenters. The van der Waals surface area contributed by atoms with Crippen LogP contribution in [0.5, 0.6) is 5.75 Å². The number of halogens is 2. The van der Waals surface area contributed by atoms with Crippen molar-refractivity contribution in [2.45, 2.75) is 32.9 Å². The molecule has 0 bridgehead atoms. The molecule has 0 radical (unpaired) electrons. The minimum Gasteiger partial charge on any atom is -0.467 e. The number of rotatable bonds is 10. The highest BCUT2D eigenvalue weighted by molar-refractivity contribution is 5.90. The average molecular weight is 399 g/mol. The second-order valence-corrected chi connectivity index (χ2v) is 6.16. The van der Waals surface area contributed by atoms with E-state index in [9.17, 15) is 23.2 Å². The molecule has 1 amide bonds. The van der Waals surface area contributed by atoms with E-state index in [1.165, 1.54) is 37.5 Å². The van der Waals surface area contributed by atoms with E-state index in [4.69, 9.17) is 4.74 Å². The van der Waals surface area contributed by atoms with Gasteiger partial charge in [0.15, 0.2) is 6.61 Å². The number of amides is 1. The Bertz CT molecular complexity index is 688. The summed E-state index contributed by atoms with van der Waals surface area (Å²) in [7, 11) is 1.22. The first-order valence-corrected chi connectivity index (χ1v) is 8.48. The molecule has 0 fully saturated rings. The average Bonchev–Trinajstić information content (AvgIpc) is 2.63. The van der Waals surface area contributed by atoms with Gasteiger partial charge in [-0.25, -0.2) is 9.59 Å². The number of carbonyl (C=O) groups excluding carboxylic acids is 3. The summed E-state index contributed by atoms with van der Waals surface area (Å²) in [6.45, 7) is 0.301. The summed E-state index contributed by atoms with van der Waals surface area (Å²) in [5.74, 6) is -1.85. The number of benzene rings is 1. The van der Waals surface area contributed by atoms with Crippen LogP contribution in [0.25, 0.3) is 6.08 Å². The highest BCUT2D eigenvalue weighted by atomic mass is 19.3. The summed E-state index contributed by atoms with van der Waals surface area (Å²) in [6.07, 6.45) is 2.86. The van der Waals surface area contributed by atoms with Gasteiger partial charge in [0.25, 0.3) is 5.91 Å². The number of esters is 2. The lowest BCUT2D eigenvalue weighted by atomic mass is 10.0. The van der Waals surface area contributed by atoms with Crippen LogP contribution in [0.4, 0.5) is 8.78 Å². The molecular weight excluding hydrogens is 376 g/mol. The van der Waals surface area contributed by atoms with Crippen molar-refractivity contribution >= 4 is 23.9 Å². The minimum absolute atomic E-state index is 0.00652. The van der Waals surface area contributed by atoms with Gasteiger partial charge in [0.1, 0.15) is 11.8 Å². The predicted molar refractivity (Wildman–Crippen MR) is 96.5 cm³/mol. The summed E-state index contributed by atoms with van der Waals surface area (Å²) in [5, 5.41) is 2.46. The van der Waals surface area contributed by atoms with Crippen molar-refractivity contribution in [1.82, 2.24) is 5.32 Å². The summed E-state index contributed by atoms with van der Waals surface area (Å²) in [4.78, 5) is 35.2. The van der Waals surface area contributed by atoms with E-state index >= 15 is 0 Å². The molecule has 9 heteroatoms. The lowest BCUT2D eigenvalue weighted by Gasteiger charge is -2.18. The van der Waals surface area contributed by atoms with Gasteiger partial charge < -0.3 is 19.5 Å². The molecule has 0 unspecified atom stereocenters. The molecule has 1 aromatic carbocycles. The summed E-state index contributed by atoms with van der Waals surface area (Å²) < 4.78 is 37.8. The fraction of sp³-hybridized carbons (Fsp3) is 0.421. The van der Waals surface area contributed by atoms with E-state index in [2.05, 4.69) is 14.8 Å². The molecule has 1 N–H and O–H groups in total. The highest BCUT2D eigenvalue weighted by Gasteiger charge is 2.22. The Kier molecular flexibility index (Phi) is 9.63. The molecule has 0 aliphatic heterocycles. The molecule has 1 rings (SSSR count). The maximum Gasteiger partial charge on any atom is 0.387 e. The van der Waals surface area contributed by atoms with Gasteiger partial charge in [0.2, 0.25) is 0 Å². The Balaban J connectivity index is 2.48. The maximum atomic E-state index is 12.1. The van der Waals surface area contributed by atoms with Crippen molar-refractivity contribution in [2.24, 2.45) is 5.92 Å². The van der Waals surface area contributed by atoms with Crippen LogP contribution in [0.2, 0.25) is 0 Å². The third-order valence-corrected chi connectivity index (χ3v) is 3.39. The van der Waals surface area contributed by atoms with E-state index < -0.39 is 37.1 Å². The molecule has 28 heavy (non-hydrogen) atoms. The van der Waals surface area contributed by atoms with Crippen LogP contribution in [0.1, 0.15) is 25.8 Å². The van der Waals surface area contributed by atoms with Gasteiger partial charge in [-0.3, -0.25) is 4.79 Å². The van der Waals surface area contributed by atoms with Crippen molar-refractivity contribution in [3.63, 3.8) is 0 Å². The SMILES string of the molecule is COC(=O)[C@@H](CC(C)C)NC(=O)COC(=O)/C=C/c1ccc(OC(F)F)cc1. The van der Waals surface area contributed by atoms with Crippen molar-refractivity contribution < 1.29 is 37.4 Å². The molecule has 0 aliphatic rings. The second-order valence-electron chi connectivity index (χ2n) is 6.16. The lowest BCUT2D eigenvalue weighted by Crippen LogP contribution is -2.44. The van der Waals surface area contributed by atoms with Crippen LogP contribution in [-0.4, -0.2) is 44.2 Å². The van der Waals surface area contributed by atoms with Crippen LogP contribution in [0.3, 0.4) is 0 Å². The maximum absolute atomic E-state index is 12.1. The van der Waals surface area contributed by atoms with Crippen LogP contribution >= 0.6 is 0 Å². The molecule has 0 saturated heterocycles. The first kappa shape index (κ1) is 23.1. The van der Waals surface area contributed by atoms with Gasteiger partial charge in [0.05, 0.1) is 7.11 Å². The third kappa shape index (κ3) is 9.11. The molecule has 0 aliphatic carbocycles. The van der Waals surface area contributed by atoms with E-state index in [1.54, 1.807) is 0 Å². The number of nitrogens with one attached hydrogen (secondary N) is 1. The number of carbonyl (C=O) groups is 3. The Morgan fingerprint density at radius 2 is 1.79 bits per heavy atom. The number of hydrogen-bond donors (Lipinski definition) is 1. The third-order valence-electron chi connectivity index (χ3n) is 3.39. The second kappa shape index (κ2) is 11.7.